The highest BCUT2D eigenvalue weighted by Gasteiger charge is 2.25. The number of nitrogens with zero attached hydrogens (tertiary/aromatic N) is 4. The van der Waals surface area contributed by atoms with Gasteiger partial charge in [-0.2, -0.15) is 0 Å². The highest BCUT2D eigenvalue weighted by Crippen LogP contribution is 2.33. The van der Waals surface area contributed by atoms with Crippen molar-refractivity contribution >= 4 is 21.6 Å². The van der Waals surface area contributed by atoms with Crippen molar-refractivity contribution in [2.45, 2.75) is 25.3 Å². The molecule has 0 saturated carbocycles. The molecular formula is C21H20N4OS. The second-order valence-electron chi connectivity index (χ2n) is 6.96. The van der Waals surface area contributed by atoms with Gasteiger partial charge in [0.25, 0.3) is 0 Å². The predicted octanol–water partition coefficient (Wildman–Crippen LogP) is 4.73. The maximum absolute atomic E-state index is 5.88. The molecule has 0 N–H and O–H groups in total. The maximum atomic E-state index is 5.88. The van der Waals surface area contributed by atoms with E-state index in [1.165, 1.54) is 22.5 Å². The molecule has 1 saturated heterocycles. The van der Waals surface area contributed by atoms with Gasteiger partial charge >= 0.3 is 0 Å². The van der Waals surface area contributed by atoms with E-state index in [1.807, 2.05) is 41.7 Å². The van der Waals surface area contributed by atoms with Gasteiger partial charge in [0, 0.05) is 18.0 Å². The average molecular weight is 376 g/mol. The monoisotopic (exact) mass is 376 g/mol. The summed E-state index contributed by atoms with van der Waals surface area (Å²) in [6, 6.07) is 18.3. The van der Waals surface area contributed by atoms with Gasteiger partial charge < -0.3 is 4.42 Å². The number of thiazole rings is 1. The number of para-hydroxylation sites is 1. The van der Waals surface area contributed by atoms with E-state index < -0.39 is 0 Å². The number of piperidine rings is 1. The first-order valence-electron chi connectivity index (χ1n) is 9.31. The van der Waals surface area contributed by atoms with E-state index in [9.17, 15) is 0 Å². The molecule has 1 aliphatic heterocycles. The first-order chi connectivity index (χ1) is 13.3. The highest BCUT2D eigenvalue weighted by atomic mass is 32.1. The van der Waals surface area contributed by atoms with Gasteiger partial charge in [-0.15, -0.1) is 21.5 Å². The van der Waals surface area contributed by atoms with Gasteiger partial charge in [0.1, 0.15) is 0 Å². The fourth-order valence-corrected chi connectivity index (χ4v) is 4.76. The second-order valence-corrected chi connectivity index (χ2v) is 8.02. The Morgan fingerprint density at radius 2 is 1.89 bits per heavy atom. The van der Waals surface area contributed by atoms with Gasteiger partial charge in [-0.1, -0.05) is 30.3 Å². The van der Waals surface area contributed by atoms with Crippen LogP contribution in [0.3, 0.4) is 0 Å². The zero-order valence-electron chi connectivity index (χ0n) is 14.9. The molecule has 5 nitrogen and oxygen atoms in total. The number of hydrogen-bond acceptors (Lipinski definition) is 6. The highest BCUT2D eigenvalue weighted by molar-refractivity contribution is 7.18. The topological polar surface area (TPSA) is 55.1 Å². The zero-order chi connectivity index (χ0) is 18.1. The van der Waals surface area contributed by atoms with Crippen molar-refractivity contribution in [3.05, 3.63) is 65.5 Å². The Kier molecular flexibility index (Phi) is 4.43. The molecule has 1 aliphatic rings. The fraction of sp³-hybridized carbons (Fsp3) is 0.286. The molecule has 1 atom stereocenters. The van der Waals surface area contributed by atoms with Crippen LogP contribution in [-0.2, 0) is 6.54 Å². The summed E-state index contributed by atoms with van der Waals surface area (Å²) in [5.41, 5.74) is 2.07. The minimum absolute atomic E-state index is 0.479. The van der Waals surface area contributed by atoms with Crippen molar-refractivity contribution in [2.75, 3.05) is 13.1 Å². The van der Waals surface area contributed by atoms with Crippen LogP contribution in [0.25, 0.3) is 21.7 Å². The lowest BCUT2D eigenvalue weighted by atomic mass is 9.99. The molecule has 4 aromatic rings. The smallest absolute Gasteiger partial charge is 0.247 e. The lowest BCUT2D eigenvalue weighted by Crippen LogP contribution is -2.33. The quantitative estimate of drug-likeness (QED) is 0.515. The van der Waals surface area contributed by atoms with Crippen molar-refractivity contribution in [3.63, 3.8) is 0 Å². The van der Waals surface area contributed by atoms with Crippen LogP contribution < -0.4 is 0 Å². The molecule has 27 heavy (non-hydrogen) atoms. The van der Waals surface area contributed by atoms with Crippen LogP contribution in [0.4, 0.5) is 0 Å². The maximum Gasteiger partial charge on any atom is 0.247 e. The molecule has 3 heterocycles. The fourth-order valence-electron chi connectivity index (χ4n) is 3.67. The Balaban J connectivity index is 1.29. The molecule has 0 aliphatic carbocycles. The van der Waals surface area contributed by atoms with Crippen LogP contribution in [-0.4, -0.2) is 33.2 Å². The van der Waals surface area contributed by atoms with Gasteiger partial charge in [-0.25, -0.2) is 4.98 Å². The first-order valence-corrected chi connectivity index (χ1v) is 10.1. The van der Waals surface area contributed by atoms with Gasteiger partial charge in [-0.05, 0) is 43.7 Å². The molecule has 5 rings (SSSR count). The Morgan fingerprint density at radius 3 is 2.78 bits per heavy atom. The van der Waals surface area contributed by atoms with E-state index >= 15 is 0 Å². The Bertz CT molecular complexity index is 1010. The van der Waals surface area contributed by atoms with Crippen LogP contribution in [0.15, 0.2) is 59.0 Å². The average Bonchev–Trinajstić information content (AvgIpc) is 3.36. The summed E-state index contributed by atoms with van der Waals surface area (Å²) in [6.45, 7) is 2.74. The van der Waals surface area contributed by atoms with E-state index in [1.54, 1.807) is 0 Å². The summed E-state index contributed by atoms with van der Waals surface area (Å²) in [5.74, 6) is 1.75. The third kappa shape index (κ3) is 3.50. The summed E-state index contributed by atoms with van der Waals surface area (Å²) in [6.07, 6.45) is 2.36. The van der Waals surface area contributed by atoms with Crippen molar-refractivity contribution in [3.8, 4) is 11.5 Å². The van der Waals surface area contributed by atoms with Gasteiger partial charge in [0.2, 0.25) is 11.8 Å². The molecule has 0 unspecified atom stereocenters. The molecule has 6 heteroatoms. The SMILES string of the molecule is c1ccc(-c2nnc(CN3CCC[C@H](c4nc5ccccc5s4)C3)o2)cc1. The van der Waals surface area contributed by atoms with Crippen molar-refractivity contribution in [2.24, 2.45) is 0 Å². The minimum Gasteiger partial charge on any atom is -0.419 e. The summed E-state index contributed by atoms with van der Waals surface area (Å²) in [4.78, 5) is 7.27. The van der Waals surface area contributed by atoms with E-state index in [0.717, 1.165) is 24.2 Å². The number of rotatable bonds is 4. The van der Waals surface area contributed by atoms with Gasteiger partial charge in [0.15, 0.2) is 0 Å². The number of hydrogen-bond donors (Lipinski definition) is 0. The van der Waals surface area contributed by atoms with Crippen LogP contribution in [0.1, 0.15) is 29.7 Å². The molecule has 0 amide bonds. The number of fused-ring (bicyclic) bond motifs is 1. The van der Waals surface area contributed by atoms with Crippen LogP contribution in [0.5, 0.6) is 0 Å². The van der Waals surface area contributed by atoms with E-state index in [4.69, 9.17) is 9.40 Å². The summed E-state index contributed by atoms with van der Waals surface area (Å²) >= 11 is 1.82. The normalized spacial score (nSPS) is 18.1. The summed E-state index contributed by atoms with van der Waals surface area (Å²) in [5, 5.41) is 9.70. The molecule has 0 bridgehead atoms. The number of likely N-dealkylation sites (tertiary alicyclic amines) is 1. The van der Waals surface area contributed by atoms with Crippen molar-refractivity contribution in [1.82, 2.24) is 20.1 Å². The molecule has 2 aromatic carbocycles. The largest absolute Gasteiger partial charge is 0.419 e. The van der Waals surface area contributed by atoms with Crippen molar-refractivity contribution in [1.29, 1.82) is 0 Å². The second kappa shape index (κ2) is 7.21. The minimum atomic E-state index is 0.479. The Hall–Kier alpha value is -2.57. The summed E-state index contributed by atoms with van der Waals surface area (Å²) < 4.78 is 7.16. The molecular weight excluding hydrogens is 356 g/mol. The molecule has 2 aromatic heterocycles. The molecule has 136 valence electrons. The van der Waals surface area contributed by atoms with Gasteiger partial charge in [0.05, 0.1) is 21.8 Å². The number of aromatic nitrogens is 3. The predicted molar refractivity (Wildman–Crippen MR) is 107 cm³/mol. The van der Waals surface area contributed by atoms with Crippen LogP contribution in [0, 0.1) is 0 Å². The van der Waals surface area contributed by atoms with Crippen LogP contribution in [0.2, 0.25) is 0 Å². The Morgan fingerprint density at radius 1 is 1.04 bits per heavy atom. The van der Waals surface area contributed by atoms with E-state index in [-0.39, 0.29) is 0 Å². The van der Waals surface area contributed by atoms with E-state index in [2.05, 4.69) is 39.4 Å². The summed E-state index contributed by atoms with van der Waals surface area (Å²) in [7, 11) is 0. The first kappa shape index (κ1) is 16.6. The lowest BCUT2D eigenvalue weighted by molar-refractivity contribution is 0.184. The molecule has 0 radical (unpaired) electrons. The van der Waals surface area contributed by atoms with Crippen LogP contribution >= 0.6 is 11.3 Å². The molecule has 0 spiro atoms. The van der Waals surface area contributed by atoms with E-state index in [0.29, 0.717) is 24.2 Å². The zero-order valence-corrected chi connectivity index (χ0v) is 15.7. The number of benzene rings is 2. The standard InChI is InChI=1S/C21H20N4OS/c1-2-7-15(8-3-1)20-24-23-19(26-20)14-25-12-6-9-16(13-25)21-22-17-10-4-5-11-18(17)27-21/h1-5,7-8,10-11,16H,6,9,12-14H2/t16-/m0/s1. The van der Waals surface area contributed by atoms with Gasteiger partial charge in [-0.3, -0.25) is 4.90 Å². The third-order valence-corrected chi connectivity index (χ3v) is 6.21. The van der Waals surface area contributed by atoms with Crippen molar-refractivity contribution < 1.29 is 4.42 Å². The molecule has 1 fully saturated rings. The third-order valence-electron chi connectivity index (χ3n) is 5.01. The Labute approximate surface area is 161 Å². The lowest BCUT2D eigenvalue weighted by Gasteiger charge is -2.30.